The molecule has 0 radical (unpaired) electrons. The standard InChI is InChI=1S/C17H29NO/c1-13(2)7-6-8-18-9-10-19-17-12-14(3)11-15(4)16(17)5/h11-13,18H,6-10H2,1-5H3. The van der Waals surface area contributed by atoms with E-state index < -0.39 is 0 Å². The summed E-state index contributed by atoms with van der Waals surface area (Å²) in [4.78, 5) is 0. The van der Waals surface area contributed by atoms with E-state index in [-0.39, 0.29) is 0 Å². The third-order valence-electron chi connectivity index (χ3n) is 3.44. The first-order valence-corrected chi connectivity index (χ1v) is 7.42. The highest BCUT2D eigenvalue weighted by Crippen LogP contribution is 2.22. The van der Waals surface area contributed by atoms with E-state index in [9.17, 15) is 0 Å². The quantitative estimate of drug-likeness (QED) is 0.715. The van der Waals surface area contributed by atoms with E-state index in [0.717, 1.165) is 31.4 Å². The topological polar surface area (TPSA) is 21.3 Å². The average molecular weight is 263 g/mol. The van der Waals surface area contributed by atoms with Gasteiger partial charge in [0.2, 0.25) is 0 Å². The Hall–Kier alpha value is -1.02. The SMILES string of the molecule is Cc1cc(C)c(C)c(OCCNCCCC(C)C)c1. The molecule has 1 N–H and O–H groups in total. The van der Waals surface area contributed by atoms with E-state index in [4.69, 9.17) is 4.74 Å². The third kappa shape index (κ3) is 6.11. The molecule has 19 heavy (non-hydrogen) atoms. The number of rotatable bonds is 8. The zero-order valence-electron chi connectivity index (χ0n) is 13.2. The predicted octanol–water partition coefficient (Wildman–Crippen LogP) is 4.02. The van der Waals surface area contributed by atoms with Crippen LogP contribution in [0.3, 0.4) is 0 Å². The Morgan fingerprint density at radius 3 is 2.53 bits per heavy atom. The minimum atomic E-state index is 0.741. The van der Waals surface area contributed by atoms with Gasteiger partial charge in [-0.05, 0) is 68.8 Å². The largest absolute Gasteiger partial charge is 0.492 e. The molecule has 0 saturated carbocycles. The van der Waals surface area contributed by atoms with Crippen molar-refractivity contribution in [1.82, 2.24) is 5.32 Å². The molecule has 0 aliphatic rings. The molecule has 1 aromatic rings. The van der Waals surface area contributed by atoms with Crippen LogP contribution < -0.4 is 10.1 Å². The third-order valence-corrected chi connectivity index (χ3v) is 3.44. The normalized spacial score (nSPS) is 11.1. The molecular weight excluding hydrogens is 234 g/mol. The van der Waals surface area contributed by atoms with Crippen molar-refractivity contribution in [3.8, 4) is 5.75 Å². The fourth-order valence-corrected chi connectivity index (χ4v) is 2.14. The van der Waals surface area contributed by atoms with Crippen molar-refractivity contribution in [3.63, 3.8) is 0 Å². The van der Waals surface area contributed by atoms with Crippen LogP contribution >= 0.6 is 0 Å². The van der Waals surface area contributed by atoms with Crippen LogP contribution in [-0.2, 0) is 0 Å². The van der Waals surface area contributed by atoms with E-state index in [1.54, 1.807) is 0 Å². The predicted molar refractivity (Wildman–Crippen MR) is 83.1 cm³/mol. The molecule has 0 aromatic heterocycles. The summed E-state index contributed by atoms with van der Waals surface area (Å²) in [5.41, 5.74) is 3.83. The first-order chi connectivity index (χ1) is 9.00. The Kier molecular flexibility index (Phi) is 6.93. The molecular formula is C17H29NO. The Morgan fingerprint density at radius 1 is 1.11 bits per heavy atom. The lowest BCUT2D eigenvalue weighted by Crippen LogP contribution is -2.22. The molecule has 0 aliphatic carbocycles. The number of benzene rings is 1. The number of nitrogens with one attached hydrogen (secondary N) is 1. The van der Waals surface area contributed by atoms with Crippen LogP contribution in [0.25, 0.3) is 0 Å². The van der Waals surface area contributed by atoms with Gasteiger partial charge in [-0.25, -0.2) is 0 Å². The smallest absolute Gasteiger partial charge is 0.122 e. The van der Waals surface area contributed by atoms with Crippen molar-refractivity contribution in [2.24, 2.45) is 5.92 Å². The van der Waals surface area contributed by atoms with E-state index in [2.05, 4.69) is 52.1 Å². The Balaban J connectivity index is 2.23. The van der Waals surface area contributed by atoms with Gasteiger partial charge in [0.25, 0.3) is 0 Å². The molecule has 108 valence electrons. The van der Waals surface area contributed by atoms with Gasteiger partial charge in [0.1, 0.15) is 12.4 Å². The molecule has 1 aromatic carbocycles. The highest BCUT2D eigenvalue weighted by Gasteiger charge is 2.03. The Labute approximate surface area is 118 Å². The second-order valence-corrected chi connectivity index (χ2v) is 5.84. The Morgan fingerprint density at radius 2 is 1.84 bits per heavy atom. The van der Waals surface area contributed by atoms with Gasteiger partial charge in [-0.3, -0.25) is 0 Å². The van der Waals surface area contributed by atoms with Crippen LogP contribution in [0.2, 0.25) is 0 Å². The van der Waals surface area contributed by atoms with Gasteiger partial charge in [-0.15, -0.1) is 0 Å². The first kappa shape index (κ1) is 16.0. The molecule has 1 rings (SSSR count). The summed E-state index contributed by atoms with van der Waals surface area (Å²) in [5, 5.41) is 3.43. The molecule has 0 bridgehead atoms. The fraction of sp³-hybridized carbons (Fsp3) is 0.647. The second-order valence-electron chi connectivity index (χ2n) is 5.84. The van der Waals surface area contributed by atoms with E-state index in [1.807, 2.05) is 0 Å². The molecule has 0 saturated heterocycles. The molecule has 0 atom stereocenters. The van der Waals surface area contributed by atoms with Crippen LogP contribution in [-0.4, -0.2) is 19.7 Å². The molecule has 0 fully saturated rings. The van der Waals surface area contributed by atoms with Gasteiger partial charge in [-0.1, -0.05) is 19.9 Å². The highest BCUT2D eigenvalue weighted by molar-refractivity contribution is 5.41. The summed E-state index contributed by atoms with van der Waals surface area (Å²) in [6.07, 6.45) is 2.55. The maximum absolute atomic E-state index is 5.86. The number of ether oxygens (including phenoxy) is 1. The van der Waals surface area contributed by atoms with E-state index in [0.29, 0.717) is 0 Å². The Bertz CT molecular complexity index is 385. The monoisotopic (exact) mass is 263 g/mol. The van der Waals surface area contributed by atoms with Crippen LogP contribution in [0.15, 0.2) is 12.1 Å². The fourth-order valence-electron chi connectivity index (χ4n) is 2.14. The maximum Gasteiger partial charge on any atom is 0.122 e. The molecule has 0 unspecified atom stereocenters. The number of hydrogen-bond acceptors (Lipinski definition) is 2. The summed E-state index contributed by atoms with van der Waals surface area (Å²) in [7, 11) is 0. The first-order valence-electron chi connectivity index (χ1n) is 7.42. The van der Waals surface area contributed by atoms with Gasteiger partial charge in [0.15, 0.2) is 0 Å². The molecule has 2 heteroatoms. The molecule has 0 heterocycles. The van der Waals surface area contributed by atoms with Crippen molar-refractivity contribution in [2.75, 3.05) is 19.7 Å². The van der Waals surface area contributed by atoms with Gasteiger partial charge in [0, 0.05) is 6.54 Å². The van der Waals surface area contributed by atoms with Crippen molar-refractivity contribution >= 4 is 0 Å². The van der Waals surface area contributed by atoms with Crippen molar-refractivity contribution in [1.29, 1.82) is 0 Å². The van der Waals surface area contributed by atoms with Crippen LogP contribution in [0.1, 0.15) is 43.4 Å². The van der Waals surface area contributed by atoms with Gasteiger partial charge < -0.3 is 10.1 Å². The number of hydrogen-bond donors (Lipinski definition) is 1. The van der Waals surface area contributed by atoms with Crippen LogP contribution in [0.5, 0.6) is 5.75 Å². The van der Waals surface area contributed by atoms with Crippen LogP contribution in [0, 0.1) is 26.7 Å². The lowest BCUT2D eigenvalue weighted by atomic mass is 10.1. The lowest BCUT2D eigenvalue weighted by Gasteiger charge is -2.13. The summed E-state index contributed by atoms with van der Waals surface area (Å²) in [6, 6.07) is 4.33. The van der Waals surface area contributed by atoms with Crippen molar-refractivity contribution in [3.05, 3.63) is 28.8 Å². The van der Waals surface area contributed by atoms with Gasteiger partial charge >= 0.3 is 0 Å². The minimum absolute atomic E-state index is 0.741. The van der Waals surface area contributed by atoms with Crippen molar-refractivity contribution in [2.45, 2.75) is 47.5 Å². The van der Waals surface area contributed by atoms with E-state index >= 15 is 0 Å². The summed E-state index contributed by atoms with van der Waals surface area (Å²) >= 11 is 0. The van der Waals surface area contributed by atoms with E-state index in [1.165, 1.54) is 29.5 Å². The minimum Gasteiger partial charge on any atom is -0.492 e. The second kappa shape index (κ2) is 8.21. The summed E-state index contributed by atoms with van der Waals surface area (Å²) in [5.74, 6) is 1.83. The molecule has 2 nitrogen and oxygen atoms in total. The van der Waals surface area contributed by atoms with Gasteiger partial charge in [0.05, 0.1) is 0 Å². The summed E-state index contributed by atoms with van der Waals surface area (Å²) < 4.78 is 5.86. The molecule has 0 spiro atoms. The molecule has 0 amide bonds. The average Bonchev–Trinajstić information content (AvgIpc) is 2.33. The van der Waals surface area contributed by atoms with Crippen molar-refractivity contribution < 1.29 is 4.74 Å². The molecule has 0 aliphatic heterocycles. The highest BCUT2D eigenvalue weighted by atomic mass is 16.5. The van der Waals surface area contributed by atoms with Crippen LogP contribution in [0.4, 0.5) is 0 Å². The maximum atomic E-state index is 5.86. The zero-order chi connectivity index (χ0) is 14.3. The summed E-state index contributed by atoms with van der Waals surface area (Å²) in [6.45, 7) is 13.7. The zero-order valence-corrected chi connectivity index (χ0v) is 13.2. The lowest BCUT2D eigenvalue weighted by molar-refractivity contribution is 0.310. The van der Waals surface area contributed by atoms with Gasteiger partial charge in [-0.2, -0.15) is 0 Å². The number of aryl methyl sites for hydroxylation is 2.